The molecule has 30 heavy (non-hydrogen) atoms. The molecule has 2 fully saturated rings. The normalized spacial score (nSPS) is 28.9. The molecule has 8 heteroatoms. The predicted octanol–water partition coefficient (Wildman–Crippen LogP) is 3.29. The van der Waals surface area contributed by atoms with Crippen molar-refractivity contribution >= 4 is 18.1 Å². The largest absolute Gasteiger partial charge is 0.481 e. The number of hydrogen-bond donors (Lipinski definition) is 1. The lowest BCUT2D eigenvalue weighted by Crippen LogP contribution is -2.39. The number of hydrazone groups is 1. The van der Waals surface area contributed by atoms with E-state index in [2.05, 4.69) is 10.0 Å². The summed E-state index contributed by atoms with van der Waals surface area (Å²) in [5, 5.41) is 14.9. The van der Waals surface area contributed by atoms with Crippen LogP contribution in [0.3, 0.4) is 0 Å². The molecule has 0 spiro atoms. The predicted molar refractivity (Wildman–Crippen MR) is 107 cm³/mol. The molecule has 162 valence electrons. The van der Waals surface area contributed by atoms with Gasteiger partial charge in [-0.25, -0.2) is 13.8 Å². The summed E-state index contributed by atoms with van der Waals surface area (Å²) in [4.78, 5) is 26.7. The van der Waals surface area contributed by atoms with Crippen LogP contribution in [0.25, 0.3) is 0 Å². The van der Waals surface area contributed by atoms with Crippen LogP contribution >= 0.6 is 0 Å². The van der Waals surface area contributed by atoms with Crippen molar-refractivity contribution in [3.63, 3.8) is 0 Å². The fourth-order valence-electron chi connectivity index (χ4n) is 5.20. The smallest absolute Gasteiger partial charge is 0.310 e. The van der Waals surface area contributed by atoms with Crippen molar-refractivity contribution < 1.29 is 23.5 Å². The fourth-order valence-corrected chi connectivity index (χ4v) is 5.20. The second kappa shape index (κ2) is 7.72. The highest BCUT2D eigenvalue weighted by molar-refractivity contribution is 5.82. The van der Waals surface area contributed by atoms with Crippen molar-refractivity contribution in [3.8, 4) is 0 Å². The molecule has 1 amide bonds. The SMILES string of the molecule is CC(C)(CN1C[C@H]2CC(C(=O)N3N=CCC3c3cc(F)ccc3F)C[C@H]2C1)C(=O)O. The van der Waals surface area contributed by atoms with E-state index in [1.165, 1.54) is 5.01 Å². The molecule has 1 aliphatic carbocycles. The number of carboxylic acid groups (broad SMARTS) is 1. The highest BCUT2D eigenvalue weighted by atomic mass is 19.1. The van der Waals surface area contributed by atoms with E-state index in [9.17, 15) is 23.5 Å². The monoisotopic (exact) mass is 419 g/mol. The molecule has 3 aliphatic rings. The molecular weight excluding hydrogens is 392 g/mol. The number of benzene rings is 1. The molecule has 4 rings (SSSR count). The first-order chi connectivity index (χ1) is 14.2. The summed E-state index contributed by atoms with van der Waals surface area (Å²) in [5.74, 6) is -1.52. The number of likely N-dealkylation sites (tertiary alicyclic amines) is 1. The van der Waals surface area contributed by atoms with Gasteiger partial charge in [0.2, 0.25) is 5.91 Å². The molecule has 0 bridgehead atoms. The molecular formula is C22H27F2N3O3. The number of nitrogens with zero attached hydrogens (tertiary/aromatic N) is 3. The Hall–Kier alpha value is -2.35. The van der Waals surface area contributed by atoms with Crippen LogP contribution in [0.15, 0.2) is 23.3 Å². The Morgan fingerprint density at radius 1 is 1.20 bits per heavy atom. The lowest BCUT2D eigenvalue weighted by Gasteiger charge is -2.28. The Balaban J connectivity index is 1.40. The Morgan fingerprint density at radius 3 is 2.50 bits per heavy atom. The Labute approximate surface area is 174 Å². The van der Waals surface area contributed by atoms with E-state index in [-0.39, 0.29) is 17.4 Å². The number of carboxylic acids is 1. The summed E-state index contributed by atoms with van der Waals surface area (Å²) in [6.45, 7) is 5.53. The fraction of sp³-hybridized carbons (Fsp3) is 0.591. The molecule has 0 aromatic heterocycles. The second-order valence-corrected chi connectivity index (χ2v) is 9.47. The van der Waals surface area contributed by atoms with E-state index in [0.29, 0.717) is 24.8 Å². The third-order valence-electron chi connectivity index (χ3n) is 6.75. The first-order valence-corrected chi connectivity index (χ1v) is 10.4. The minimum atomic E-state index is -0.810. The number of hydrogen-bond acceptors (Lipinski definition) is 4. The zero-order valence-electron chi connectivity index (χ0n) is 17.2. The average Bonchev–Trinajstić information content (AvgIpc) is 3.37. The van der Waals surface area contributed by atoms with Crippen molar-refractivity contribution in [2.45, 2.75) is 39.2 Å². The van der Waals surface area contributed by atoms with Crippen molar-refractivity contribution in [1.82, 2.24) is 9.91 Å². The molecule has 4 atom stereocenters. The molecule has 2 heterocycles. The van der Waals surface area contributed by atoms with Gasteiger partial charge < -0.3 is 10.0 Å². The Morgan fingerprint density at radius 2 is 1.87 bits per heavy atom. The van der Waals surface area contributed by atoms with E-state index >= 15 is 0 Å². The lowest BCUT2D eigenvalue weighted by molar-refractivity contribution is -0.147. The highest BCUT2D eigenvalue weighted by Crippen LogP contribution is 2.44. The van der Waals surface area contributed by atoms with Gasteiger partial charge in [0.15, 0.2) is 0 Å². The van der Waals surface area contributed by atoms with Gasteiger partial charge >= 0.3 is 5.97 Å². The third-order valence-corrected chi connectivity index (χ3v) is 6.75. The van der Waals surface area contributed by atoms with E-state index in [1.807, 2.05) is 0 Å². The van der Waals surface area contributed by atoms with Crippen molar-refractivity contribution in [2.24, 2.45) is 28.3 Å². The van der Waals surface area contributed by atoms with Gasteiger partial charge in [-0.2, -0.15) is 5.10 Å². The molecule has 1 aromatic carbocycles. The van der Waals surface area contributed by atoms with Crippen LogP contribution in [0, 0.1) is 34.8 Å². The number of aliphatic carboxylic acids is 1. The number of fused-ring (bicyclic) bond motifs is 1. The zero-order chi connectivity index (χ0) is 21.6. The minimum absolute atomic E-state index is 0.135. The minimum Gasteiger partial charge on any atom is -0.481 e. The van der Waals surface area contributed by atoms with Gasteiger partial charge in [0.25, 0.3) is 0 Å². The topological polar surface area (TPSA) is 73.2 Å². The Kier molecular flexibility index (Phi) is 5.38. The van der Waals surface area contributed by atoms with Crippen LogP contribution < -0.4 is 0 Å². The van der Waals surface area contributed by atoms with Crippen molar-refractivity contribution in [3.05, 3.63) is 35.4 Å². The molecule has 1 saturated carbocycles. The molecule has 1 saturated heterocycles. The first kappa shape index (κ1) is 20.9. The molecule has 1 aromatic rings. The van der Waals surface area contributed by atoms with Crippen LogP contribution in [0.4, 0.5) is 8.78 Å². The molecule has 6 nitrogen and oxygen atoms in total. The van der Waals surface area contributed by atoms with Crippen LogP contribution in [0.2, 0.25) is 0 Å². The summed E-state index contributed by atoms with van der Waals surface area (Å²) in [6, 6.07) is 2.68. The van der Waals surface area contributed by atoms with Crippen LogP contribution in [0.1, 0.15) is 44.7 Å². The van der Waals surface area contributed by atoms with Crippen molar-refractivity contribution in [1.29, 1.82) is 0 Å². The summed E-state index contributed by atoms with van der Waals surface area (Å²) in [5.41, 5.74) is -0.651. The summed E-state index contributed by atoms with van der Waals surface area (Å²) in [7, 11) is 0. The molecule has 2 unspecified atom stereocenters. The van der Waals surface area contributed by atoms with Gasteiger partial charge in [-0.3, -0.25) is 9.59 Å². The average molecular weight is 419 g/mol. The molecule has 2 aliphatic heterocycles. The number of halogens is 2. The maximum absolute atomic E-state index is 14.3. The van der Waals surface area contributed by atoms with E-state index in [4.69, 9.17) is 0 Å². The zero-order valence-corrected chi connectivity index (χ0v) is 17.2. The lowest BCUT2D eigenvalue weighted by atomic mass is 9.93. The molecule has 1 N–H and O–H groups in total. The van der Waals surface area contributed by atoms with E-state index < -0.39 is 29.1 Å². The number of rotatable bonds is 5. The maximum Gasteiger partial charge on any atom is 0.310 e. The van der Waals surface area contributed by atoms with E-state index in [0.717, 1.165) is 44.1 Å². The highest BCUT2D eigenvalue weighted by Gasteiger charge is 2.47. The molecule has 0 radical (unpaired) electrons. The summed E-state index contributed by atoms with van der Waals surface area (Å²) < 4.78 is 27.9. The number of amides is 1. The van der Waals surface area contributed by atoms with Gasteiger partial charge in [-0.05, 0) is 56.7 Å². The summed E-state index contributed by atoms with van der Waals surface area (Å²) in [6.07, 6.45) is 3.39. The van der Waals surface area contributed by atoms with Gasteiger partial charge in [0.1, 0.15) is 11.6 Å². The number of carbonyl (C=O) groups is 2. The van der Waals surface area contributed by atoms with Gasteiger partial charge in [-0.15, -0.1) is 0 Å². The van der Waals surface area contributed by atoms with Crippen LogP contribution in [-0.4, -0.2) is 52.7 Å². The van der Waals surface area contributed by atoms with Crippen molar-refractivity contribution in [2.75, 3.05) is 19.6 Å². The first-order valence-electron chi connectivity index (χ1n) is 10.4. The van der Waals surface area contributed by atoms with Gasteiger partial charge in [0, 0.05) is 43.8 Å². The quantitative estimate of drug-likeness (QED) is 0.795. The van der Waals surface area contributed by atoms with Crippen LogP contribution in [-0.2, 0) is 9.59 Å². The van der Waals surface area contributed by atoms with E-state index in [1.54, 1.807) is 20.1 Å². The van der Waals surface area contributed by atoms with Gasteiger partial charge in [-0.1, -0.05) is 0 Å². The second-order valence-electron chi connectivity index (χ2n) is 9.47. The summed E-state index contributed by atoms with van der Waals surface area (Å²) >= 11 is 0. The van der Waals surface area contributed by atoms with Crippen LogP contribution in [0.5, 0.6) is 0 Å². The van der Waals surface area contributed by atoms with Gasteiger partial charge in [0.05, 0.1) is 11.5 Å². The standard InChI is InChI=1S/C22H27F2N3O3/c1-22(2,21(29)30)12-26-10-14-7-13(8-15(14)11-26)20(28)27-19(5-6-25-27)17-9-16(23)3-4-18(17)24/h3-4,6,9,13-15,19H,5,7-8,10-12H2,1-2H3,(H,29,30)/t13?,14-,15+,19?. The number of carbonyl (C=O) groups excluding carboxylic acids is 1. The third kappa shape index (κ3) is 3.85. The Bertz CT molecular complexity index is 874. The maximum atomic E-state index is 14.3.